The number of sulfonamides is 2. The number of nitro benzene ring substituents is 2. The molecule has 4 aromatic carbocycles. The van der Waals surface area contributed by atoms with Gasteiger partial charge in [0.2, 0.25) is 0 Å². The molecule has 0 atom stereocenters. The van der Waals surface area contributed by atoms with Crippen LogP contribution < -0.4 is 20.6 Å². The van der Waals surface area contributed by atoms with Crippen molar-refractivity contribution in [2.45, 2.75) is 23.6 Å². The molecule has 5 rings (SSSR count). The molecule has 5 N–H and O–H groups in total. The minimum Gasteiger partial charge on any atom is -0.350 e. The smallest absolute Gasteiger partial charge is 0.332 e. The van der Waals surface area contributed by atoms with Crippen LogP contribution in [0.4, 0.5) is 27.5 Å². The van der Waals surface area contributed by atoms with E-state index in [0.29, 0.717) is 11.1 Å². The van der Waals surface area contributed by atoms with E-state index >= 15 is 0 Å². The number of benzene rings is 4. The Labute approximate surface area is 261 Å². The first-order valence-corrected chi connectivity index (χ1v) is 16.0. The number of hydrazone groups is 1. The lowest BCUT2D eigenvalue weighted by atomic mass is 10.0. The molecule has 4 aromatic rings. The molecule has 46 heavy (non-hydrogen) atoms. The summed E-state index contributed by atoms with van der Waals surface area (Å²) in [6, 6.07) is 14.9. The third-order valence-corrected chi connectivity index (χ3v) is 9.70. The lowest BCUT2D eigenvalue weighted by Gasteiger charge is -2.12. The number of primary amides is 1. The topological polar surface area (TPSA) is 246 Å². The highest BCUT2D eigenvalue weighted by molar-refractivity contribution is 7.93. The molecule has 0 fully saturated rings. The van der Waals surface area contributed by atoms with Crippen LogP contribution in [0.2, 0.25) is 0 Å². The van der Waals surface area contributed by atoms with Crippen molar-refractivity contribution < 1.29 is 31.5 Å². The molecule has 0 spiro atoms. The number of aryl methyl sites for hydroxylation is 2. The molecule has 0 bridgehead atoms. The van der Waals surface area contributed by atoms with Gasteiger partial charge >= 0.3 is 6.03 Å². The Morgan fingerprint density at radius 3 is 1.46 bits per heavy atom. The maximum absolute atomic E-state index is 13.5. The molecule has 0 aliphatic heterocycles. The molecule has 16 nitrogen and oxygen atoms in total. The van der Waals surface area contributed by atoms with Crippen LogP contribution in [0, 0.1) is 34.1 Å². The minimum absolute atomic E-state index is 0.185. The van der Waals surface area contributed by atoms with Gasteiger partial charge < -0.3 is 5.73 Å². The number of nitrogens with one attached hydrogen (secondary N) is 3. The summed E-state index contributed by atoms with van der Waals surface area (Å²) in [5, 5.41) is 28.6. The number of fused-ring (bicyclic) bond motifs is 3. The third-order valence-electron chi connectivity index (χ3n) is 7.01. The Balaban J connectivity index is 1.78. The van der Waals surface area contributed by atoms with Crippen LogP contribution in [0.5, 0.6) is 0 Å². The summed E-state index contributed by atoms with van der Waals surface area (Å²) in [6.07, 6.45) is 0. The number of anilines is 2. The van der Waals surface area contributed by atoms with Crippen LogP contribution >= 0.6 is 0 Å². The van der Waals surface area contributed by atoms with E-state index in [1.54, 1.807) is 50.2 Å². The molecule has 0 saturated carbocycles. The highest BCUT2D eigenvalue weighted by Crippen LogP contribution is 2.49. The Kier molecular flexibility index (Phi) is 7.93. The van der Waals surface area contributed by atoms with Crippen molar-refractivity contribution in [3.05, 3.63) is 115 Å². The lowest BCUT2D eigenvalue weighted by Crippen LogP contribution is -2.26. The van der Waals surface area contributed by atoms with Crippen LogP contribution in [0.15, 0.2) is 87.7 Å². The van der Waals surface area contributed by atoms with E-state index in [1.165, 1.54) is 12.1 Å². The van der Waals surface area contributed by atoms with Gasteiger partial charge in [-0.1, -0.05) is 36.4 Å². The zero-order valence-corrected chi connectivity index (χ0v) is 25.5. The van der Waals surface area contributed by atoms with Crippen LogP contribution in [0.25, 0.3) is 11.1 Å². The zero-order chi connectivity index (χ0) is 33.6. The fraction of sp³-hybridized carbons (Fsp3) is 0.0714. The standard InChI is InChI=1S/C28H23N7O9S2/c1-15-7-3-5-9-21(15)32-45(41,42)17-11-19-25(23(13-17)34(37)38)26-20(27(19)30-31-28(29)36)12-18(14-24(26)35(39)40)46(43,44)33-22-10-6-4-8-16(22)2/h3-14,32-33H,1-2H3,(H3,29,31,36). The first kappa shape index (κ1) is 31.5. The second-order valence-electron chi connectivity index (χ2n) is 10.0. The van der Waals surface area contributed by atoms with Gasteiger partial charge in [-0.15, -0.1) is 0 Å². The number of carbonyl (C=O) groups excluding carboxylic acids is 1. The summed E-state index contributed by atoms with van der Waals surface area (Å²) in [7, 11) is -9.03. The van der Waals surface area contributed by atoms with Crippen LogP contribution in [-0.2, 0) is 20.0 Å². The van der Waals surface area contributed by atoms with Crippen molar-refractivity contribution in [1.29, 1.82) is 0 Å². The van der Waals surface area contributed by atoms with Crippen molar-refractivity contribution in [3.63, 3.8) is 0 Å². The number of para-hydroxylation sites is 2. The van der Waals surface area contributed by atoms with E-state index in [9.17, 15) is 41.9 Å². The second kappa shape index (κ2) is 11.6. The van der Waals surface area contributed by atoms with Gasteiger partial charge in [0.05, 0.1) is 47.9 Å². The van der Waals surface area contributed by atoms with Crippen LogP contribution in [0.3, 0.4) is 0 Å². The van der Waals surface area contributed by atoms with Crippen molar-refractivity contribution in [2.75, 3.05) is 9.44 Å². The highest BCUT2D eigenvalue weighted by Gasteiger charge is 2.41. The molecule has 2 amide bonds. The summed E-state index contributed by atoms with van der Waals surface area (Å²) in [5.74, 6) is 0. The fourth-order valence-corrected chi connectivity index (χ4v) is 7.21. The molecular weight excluding hydrogens is 642 g/mol. The number of hydrogen-bond donors (Lipinski definition) is 4. The highest BCUT2D eigenvalue weighted by atomic mass is 32.2. The van der Waals surface area contributed by atoms with Crippen LogP contribution in [-0.4, -0.2) is 38.4 Å². The molecule has 0 aromatic heterocycles. The Hall–Kier alpha value is -5.88. The molecule has 0 unspecified atom stereocenters. The Morgan fingerprint density at radius 2 is 1.11 bits per heavy atom. The van der Waals surface area contributed by atoms with Gasteiger partial charge in [-0.2, -0.15) is 5.10 Å². The third kappa shape index (κ3) is 5.81. The number of urea groups is 1. The number of carbonyl (C=O) groups is 1. The Morgan fingerprint density at radius 1 is 0.717 bits per heavy atom. The Bertz CT molecular complexity index is 2090. The van der Waals surface area contributed by atoms with Crippen molar-refractivity contribution in [1.82, 2.24) is 5.43 Å². The van der Waals surface area contributed by atoms with Gasteiger partial charge in [-0.3, -0.25) is 29.7 Å². The predicted octanol–water partition coefficient (Wildman–Crippen LogP) is 4.12. The van der Waals surface area contributed by atoms with Crippen molar-refractivity contribution in [3.8, 4) is 11.1 Å². The largest absolute Gasteiger partial charge is 0.350 e. The fourth-order valence-electron chi connectivity index (χ4n) is 4.86. The van der Waals surface area contributed by atoms with Gasteiger partial charge in [0.15, 0.2) is 0 Å². The molecule has 18 heteroatoms. The monoisotopic (exact) mass is 665 g/mol. The first-order chi connectivity index (χ1) is 21.6. The molecular formula is C28H23N7O9S2. The van der Waals surface area contributed by atoms with Gasteiger partial charge in [-0.25, -0.2) is 27.1 Å². The van der Waals surface area contributed by atoms with E-state index < -0.39 is 73.9 Å². The van der Waals surface area contributed by atoms with Gasteiger partial charge in [0.1, 0.15) is 0 Å². The lowest BCUT2D eigenvalue weighted by molar-refractivity contribution is -0.386. The summed E-state index contributed by atoms with van der Waals surface area (Å²) >= 11 is 0. The summed E-state index contributed by atoms with van der Waals surface area (Å²) in [5.41, 5.74) is 5.01. The number of nitrogens with zero attached hydrogens (tertiary/aromatic N) is 3. The van der Waals surface area contributed by atoms with E-state index in [2.05, 4.69) is 14.5 Å². The quantitative estimate of drug-likeness (QED) is 0.130. The van der Waals surface area contributed by atoms with Crippen LogP contribution in [0.1, 0.15) is 22.3 Å². The van der Waals surface area contributed by atoms with E-state index in [4.69, 9.17) is 5.73 Å². The molecule has 0 saturated heterocycles. The molecule has 1 aliphatic rings. The summed E-state index contributed by atoms with van der Waals surface area (Å²) < 4.78 is 58.6. The molecule has 0 heterocycles. The first-order valence-electron chi connectivity index (χ1n) is 13.1. The molecule has 1 aliphatic carbocycles. The summed E-state index contributed by atoms with van der Waals surface area (Å²) in [4.78, 5) is 33.3. The maximum Gasteiger partial charge on any atom is 0.332 e. The molecule has 236 valence electrons. The van der Waals surface area contributed by atoms with E-state index in [1.807, 2.05) is 5.43 Å². The van der Waals surface area contributed by atoms with Gasteiger partial charge in [0.25, 0.3) is 31.4 Å². The minimum atomic E-state index is -4.51. The summed E-state index contributed by atoms with van der Waals surface area (Å²) in [6.45, 7) is 3.28. The number of hydrogen-bond acceptors (Lipinski definition) is 10. The van der Waals surface area contributed by atoms with Gasteiger partial charge in [0, 0.05) is 23.3 Å². The van der Waals surface area contributed by atoms with E-state index in [0.717, 1.165) is 24.3 Å². The SMILES string of the molecule is Cc1ccccc1NS(=O)(=O)c1cc2c(c([N+](=O)[O-])c1)-c1c(cc(S(=O)(=O)Nc3ccccc3C)cc1[N+](=O)[O-])C2=NNC(N)=O. The number of amides is 2. The average molecular weight is 666 g/mol. The zero-order valence-electron chi connectivity index (χ0n) is 23.8. The number of nitrogens with two attached hydrogens (primary N) is 1. The predicted molar refractivity (Wildman–Crippen MR) is 168 cm³/mol. The molecule has 0 radical (unpaired) electrons. The number of nitro groups is 2. The van der Waals surface area contributed by atoms with E-state index in [-0.39, 0.29) is 22.5 Å². The van der Waals surface area contributed by atoms with Crippen molar-refractivity contribution in [2.24, 2.45) is 10.8 Å². The average Bonchev–Trinajstić information content (AvgIpc) is 3.30. The normalized spacial score (nSPS) is 12.1. The maximum atomic E-state index is 13.5. The number of rotatable bonds is 9. The van der Waals surface area contributed by atoms with Gasteiger partial charge in [-0.05, 0) is 49.2 Å². The van der Waals surface area contributed by atoms with Crippen molar-refractivity contribution >= 4 is 54.5 Å². The second-order valence-corrected chi connectivity index (χ2v) is 13.4.